The minimum Gasteiger partial charge on any atom is -0.355 e. The van der Waals surface area contributed by atoms with E-state index < -0.39 is 0 Å². The molecule has 88 valence electrons. The van der Waals surface area contributed by atoms with Gasteiger partial charge in [0, 0.05) is 17.3 Å². The molecule has 1 amide bonds. The van der Waals surface area contributed by atoms with Crippen molar-refractivity contribution in [2.45, 2.75) is 19.1 Å². The Labute approximate surface area is 106 Å². The van der Waals surface area contributed by atoms with Crippen molar-refractivity contribution in [3.63, 3.8) is 0 Å². The first kappa shape index (κ1) is 13.4. The van der Waals surface area contributed by atoms with Gasteiger partial charge in [-0.2, -0.15) is 0 Å². The van der Waals surface area contributed by atoms with E-state index in [9.17, 15) is 4.79 Å². The maximum atomic E-state index is 11.3. The molecule has 0 unspecified atom stereocenters. The molecule has 0 atom stereocenters. The highest BCUT2D eigenvalue weighted by molar-refractivity contribution is 7.99. The van der Waals surface area contributed by atoms with E-state index >= 15 is 0 Å². The van der Waals surface area contributed by atoms with Gasteiger partial charge < -0.3 is 5.32 Å². The Morgan fingerprint density at radius 2 is 2.31 bits per heavy atom. The minimum absolute atomic E-state index is 0.105. The zero-order chi connectivity index (χ0) is 11.8. The number of hydrogen-bond acceptors (Lipinski definition) is 2. The smallest absolute Gasteiger partial charge is 0.230 e. The number of benzene rings is 1. The number of carbonyl (C=O) groups is 1. The molecule has 1 aromatic carbocycles. The number of amides is 1. The second-order valence-corrected chi connectivity index (χ2v) is 4.89. The van der Waals surface area contributed by atoms with Crippen LogP contribution < -0.4 is 5.32 Å². The lowest BCUT2D eigenvalue weighted by molar-refractivity contribution is -0.118. The summed E-state index contributed by atoms with van der Waals surface area (Å²) in [4.78, 5) is 11.3. The molecule has 4 heteroatoms. The lowest BCUT2D eigenvalue weighted by Crippen LogP contribution is -2.25. The molecule has 16 heavy (non-hydrogen) atoms. The summed E-state index contributed by atoms with van der Waals surface area (Å²) in [7, 11) is 0. The molecule has 0 spiro atoms. The van der Waals surface area contributed by atoms with E-state index in [2.05, 4.69) is 5.32 Å². The molecule has 0 aliphatic heterocycles. The Morgan fingerprint density at radius 1 is 1.50 bits per heavy atom. The van der Waals surface area contributed by atoms with Crippen LogP contribution in [0, 0.1) is 0 Å². The van der Waals surface area contributed by atoms with Crippen LogP contribution >= 0.6 is 23.4 Å². The van der Waals surface area contributed by atoms with Crippen molar-refractivity contribution in [2.24, 2.45) is 0 Å². The summed E-state index contributed by atoms with van der Waals surface area (Å²) in [6.45, 7) is 2.80. The molecule has 0 radical (unpaired) electrons. The van der Waals surface area contributed by atoms with Crippen LogP contribution in [0.5, 0.6) is 0 Å². The average molecular weight is 258 g/mol. The van der Waals surface area contributed by atoms with E-state index in [0.29, 0.717) is 5.75 Å². The van der Waals surface area contributed by atoms with Gasteiger partial charge in [-0.3, -0.25) is 4.79 Å². The molecule has 0 fully saturated rings. The number of nitrogens with one attached hydrogen (secondary N) is 1. The number of rotatable bonds is 6. The first-order chi connectivity index (χ1) is 7.72. The Balaban J connectivity index is 2.22. The normalized spacial score (nSPS) is 10.1. The van der Waals surface area contributed by atoms with Gasteiger partial charge in [-0.25, -0.2) is 0 Å². The monoisotopic (exact) mass is 257 g/mol. The topological polar surface area (TPSA) is 29.1 Å². The third kappa shape index (κ3) is 5.42. The Hall–Kier alpha value is -0.670. The third-order valence-electron chi connectivity index (χ3n) is 1.96. The fraction of sp³-hybridized carbons (Fsp3) is 0.417. The SMILES string of the molecule is CCCNC(=O)CSCc1cccc(Cl)c1. The summed E-state index contributed by atoms with van der Waals surface area (Å²) >= 11 is 7.47. The fourth-order valence-electron chi connectivity index (χ4n) is 1.20. The molecular weight excluding hydrogens is 242 g/mol. The number of hydrogen-bond donors (Lipinski definition) is 1. The zero-order valence-electron chi connectivity index (χ0n) is 9.33. The molecule has 1 N–H and O–H groups in total. The molecule has 0 saturated carbocycles. The number of halogens is 1. The average Bonchev–Trinajstić information content (AvgIpc) is 2.26. The van der Waals surface area contributed by atoms with Crippen LogP contribution in [0.3, 0.4) is 0 Å². The first-order valence-electron chi connectivity index (χ1n) is 5.31. The van der Waals surface area contributed by atoms with Crippen molar-refractivity contribution in [1.29, 1.82) is 0 Å². The van der Waals surface area contributed by atoms with Crippen LogP contribution in [0.4, 0.5) is 0 Å². The summed E-state index contributed by atoms with van der Waals surface area (Å²) in [6, 6.07) is 7.72. The predicted octanol–water partition coefficient (Wildman–Crippen LogP) is 3.10. The quantitative estimate of drug-likeness (QED) is 0.849. The number of carbonyl (C=O) groups excluding carboxylic acids is 1. The van der Waals surface area contributed by atoms with Gasteiger partial charge in [0.1, 0.15) is 0 Å². The van der Waals surface area contributed by atoms with Crippen molar-refractivity contribution in [2.75, 3.05) is 12.3 Å². The van der Waals surface area contributed by atoms with E-state index in [4.69, 9.17) is 11.6 Å². The highest BCUT2D eigenvalue weighted by Gasteiger charge is 2.00. The van der Waals surface area contributed by atoms with Gasteiger partial charge in [-0.1, -0.05) is 30.7 Å². The van der Waals surface area contributed by atoms with Gasteiger partial charge in [-0.05, 0) is 24.1 Å². The van der Waals surface area contributed by atoms with Crippen LogP contribution in [0.15, 0.2) is 24.3 Å². The summed E-state index contributed by atoms with van der Waals surface area (Å²) < 4.78 is 0. The van der Waals surface area contributed by atoms with Gasteiger partial charge in [0.15, 0.2) is 0 Å². The van der Waals surface area contributed by atoms with Crippen LogP contribution in [0.25, 0.3) is 0 Å². The van der Waals surface area contributed by atoms with Crippen LogP contribution in [-0.2, 0) is 10.5 Å². The number of thioether (sulfide) groups is 1. The Bertz CT molecular complexity index is 344. The standard InChI is InChI=1S/C12H16ClNOS/c1-2-6-14-12(15)9-16-8-10-4-3-5-11(13)7-10/h3-5,7H,2,6,8-9H2,1H3,(H,14,15). The molecule has 0 aromatic heterocycles. The van der Waals surface area contributed by atoms with Crippen molar-refractivity contribution in [1.82, 2.24) is 5.32 Å². The second kappa shape index (κ2) is 7.58. The summed E-state index contributed by atoms with van der Waals surface area (Å²) in [6.07, 6.45) is 0.977. The molecule has 2 nitrogen and oxygen atoms in total. The van der Waals surface area contributed by atoms with Gasteiger partial charge in [-0.15, -0.1) is 11.8 Å². The molecular formula is C12H16ClNOS. The maximum Gasteiger partial charge on any atom is 0.230 e. The molecule has 0 saturated heterocycles. The van der Waals surface area contributed by atoms with Gasteiger partial charge in [0.25, 0.3) is 0 Å². The zero-order valence-corrected chi connectivity index (χ0v) is 10.9. The lowest BCUT2D eigenvalue weighted by atomic mass is 10.2. The van der Waals surface area contributed by atoms with E-state index in [1.165, 1.54) is 0 Å². The highest BCUT2D eigenvalue weighted by atomic mass is 35.5. The summed E-state index contributed by atoms with van der Waals surface area (Å²) in [5, 5.41) is 3.59. The molecule has 0 heterocycles. The molecule has 0 aliphatic carbocycles. The highest BCUT2D eigenvalue weighted by Crippen LogP contribution is 2.16. The molecule has 1 aromatic rings. The molecule has 0 bridgehead atoms. The van der Waals surface area contributed by atoms with Gasteiger partial charge in [0.2, 0.25) is 5.91 Å². The Kier molecular flexibility index (Phi) is 6.34. The van der Waals surface area contributed by atoms with Crippen molar-refractivity contribution in [3.8, 4) is 0 Å². The van der Waals surface area contributed by atoms with Gasteiger partial charge in [0.05, 0.1) is 5.75 Å². The van der Waals surface area contributed by atoms with E-state index in [-0.39, 0.29) is 5.91 Å². The largest absolute Gasteiger partial charge is 0.355 e. The maximum absolute atomic E-state index is 11.3. The Morgan fingerprint density at radius 3 is 3.00 bits per heavy atom. The van der Waals surface area contributed by atoms with Crippen LogP contribution in [0.2, 0.25) is 5.02 Å². The van der Waals surface area contributed by atoms with Crippen molar-refractivity contribution >= 4 is 29.3 Å². The van der Waals surface area contributed by atoms with Crippen molar-refractivity contribution in [3.05, 3.63) is 34.9 Å². The van der Waals surface area contributed by atoms with Crippen LogP contribution in [0.1, 0.15) is 18.9 Å². The fourth-order valence-corrected chi connectivity index (χ4v) is 2.22. The van der Waals surface area contributed by atoms with Crippen LogP contribution in [-0.4, -0.2) is 18.2 Å². The second-order valence-electron chi connectivity index (χ2n) is 3.47. The predicted molar refractivity (Wildman–Crippen MR) is 70.9 cm³/mol. The minimum atomic E-state index is 0.105. The van der Waals surface area contributed by atoms with E-state index in [1.807, 2.05) is 31.2 Å². The van der Waals surface area contributed by atoms with E-state index in [0.717, 1.165) is 29.3 Å². The third-order valence-corrected chi connectivity index (χ3v) is 3.20. The molecule has 1 rings (SSSR count). The van der Waals surface area contributed by atoms with Crippen molar-refractivity contribution < 1.29 is 4.79 Å². The van der Waals surface area contributed by atoms with E-state index in [1.54, 1.807) is 11.8 Å². The lowest BCUT2D eigenvalue weighted by Gasteiger charge is -2.03. The molecule has 0 aliphatic rings. The summed E-state index contributed by atoms with van der Waals surface area (Å²) in [5.41, 5.74) is 1.15. The van der Waals surface area contributed by atoms with Gasteiger partial charge >= 0.3 is 0 Å². The summed E-state index contributed by atoms with van der Waals surface area (Å²) in [5.74, 6) is 1.43. The first-order valence-corrected chi connectivity index (χ1v) is 6.84.